The summed E-state index contributed by atoms with van der Waals surface area (Å²) in [5.74, 6) is 0. The second-order valence-corrected chi connectivity index (χ2v) is 7.19. The number of rotatable bonds is 0. The molecule has 0 aliphatic carbocycles. The van der Waals surface area contributed by atoms with Crippen LogP contribution in [0.1, 0.15) is 60.8 Å². The van der Waals surface area contributed by atoms with E-state index in [0.717, 1.165) is 0 Å². The van der Waals surface area contributed by atoms with Crippen molar-refractivity contribution in [2.24, 2.45) is 16.2 Å². The summed E-state index contributed by atoms with van der Waals surface area (Å²) in [6.07, 6.45) is 4.02. The van der Waals surface area contributed by atoms with Crippen LogP contribution in [0.15, 0.2) is 0 Å². The normalized spacial score (nSPS) is 23.6. The van der Waals surface area contributed by atoms with Crippen LogP contribution in [-0.2, 0) is 0 Å². The van der Waals surface area contributed by atoms with Crippen molar-refractivity contribution in [2.45, 2.75) is 60.8 Å². The molecular formula is C14H29N. The molecule has 0 radical (unpaired) electrons. The van der Waals surface area contributed by atoms with Gasteiger partial charge in [-0.1, -0.05) is 41.5 Å². The largest absolute Gasteiger partial charge is 0.317 e. The van der Waals surface area contributed by atoms with Gasteiger partial charge in [-0.05, 0) is 48.6 Å². The van der Waals surface area contributed by atoms with E-state index in [9.17, 15) is 0 Å². The highest BCUT2D eigenvalue weighted by Crippen LogP contribution is 2.57. The quantitative estimate of drug-likeness (QED) is 0.642. The molecule has 1 heteroatoms. The van der Waals surface area contributed by atoms with Crippen molar-refractivity contribution < 1.29 is 0 Å². The van der Waals surface area contributed by atoms with Crippen LogP contribution in [0.3, 0.4) is 0 Å². The van der Waals surface area contributed by atoms with Crippen molar-refractivity contribution in [1.82, 2.24) is 5.32 Å². The Morgan fingerprint density at radius 3 is 1.80 bits per heavy atom. The number of hydrogen-bond donors (Lipinski definition) is 1. The molecule has 1 fully saturated rings. The molecule has 0 aromatic carbocycles. The molecule has 0 aromatic rings. The van der Waals surface area contributed by atoms with Gasteiger partial charge in [-0.3, -0.25) is 0 Å². The first kappa shape index (κ1) is 13.0. The highest BCUT2D eigenvalue weighted by atomic mass is 14.9. The highest BCUT2D eigenvalue weighted by molar-refractivity contribution is 4.99. The third-order valence-corrected chi connectivity index (χ3v) is 4.56. The first-order valence-corrected chi connectivity index (χ1v) is 6.41. The predicted octanol–water partition coefficient (Wildman–Crippen LogP) is 3.84. The van der Waals surface area contributed by atoms with Crippen LogP contribution in [0.25, 0.3) is 0 Å². The van der Waals surface area contributed by atoms with Gasteiger partial charge in [-0.15, -0.1) is 0 Å². The molecule has 15 heavy (non-hydrogen) atoms. The molecule has 0 aromatic heterocycles. The summed E-state index contributed by atoms with van der Waals surface area (Å²) in [5.41, 5.74) is 1.28. The van der Waals surface area contributed by atoms with E-state index in [1.807, 2.05) is 0 Å². The molecule has 1 aliphatic rings. The van der Waals surface area contributed by atoms with E-state index in [1.165, 1.54) is 32.4 Å². The van der Waals surface area contributed by atoms with Crippen LogP contribution in [0.4, 0.5) is 0 Å². The summed E-state index contributed by atoms with van der Waals surface area (Å²) < 4.78 is 0. The Hall–Kier alpha value is -0.0400. The Morgan fingerprint density at radius 1 is 0.800 bits per heavy atom. The molecule has 1 N–H and O–H groups in total. The molecule has 0 saturated carbocycles. The summed E-state index contributed by atoms with van der Waals surface area (Å²) in [7, 11) is 0. The Kier molecular flexibility index (Phi) is 3.55. The van der Waals surface area contributed by atoms with Gasteiger partial charge < -0.3 is 5.32 Å². The van der Waals surface area contributed by atoms with E-state index in [4.69, 9.17) is 0 Å². The van der Waals surface area contributed by atoms with Crippen LogP contribution in [-0.4, -0.2) is 13.1 Å². The molecule has 0 atom stereocenters. The van der Waals surface area contributed by atoms with Crippen LogP contribution in [0, 0.1) is 16.2 Å². The topological polar surface area (TPSA) is 12.0 Å². The Labute approximate surface area is 96.0 Å². The molecule has 1 saturated heterocycles. The second kappa shape index (κ2) is 4.08. The molecule has 1 heterocycles. The molecule has 1 rings (SSSR count). The zero-order valence-corrected chi connectivity index (χ0v) is 11.5. The molecule has 0 spiro atoms. The maximum absolute atomic E-state index is 3.55. The smallest absolute Gasteiger partial charge is 0.00432 e. The van der Waals surface area contributed by atoms with E-state index in [1.54, 1.807) is 0 Å². The lowest BCUT2D eigenvalue weighted by Gasteiger charge is -2.54. The summed E-state index contributed by atoms with van der Waals surface area (Å²) in [6.45, 7) is 16.9. The van der Waals surface area contributed by atoms with E-state index in [0.29, 0.717) is 16.2 Å². The van der Waals surface area contributed by atoms with Gasteiger partial charge in [0.15, 0.2) is 0 Å². The van der Waals surface area contributed by atoms with Crippen molar-refractivity contribution in [3.63, 3.8) is 0 Å². The highest BCUT2D eigenvalue weighted by Gasteiger charge is 2.49. The van der Waals surface area contributed by atoms with Crippen molar-refractivity contribution in [2.75, 3.05) is 13.1 Å². The Bertz CT molecular complexity index is 180. The van der Waals surface area contributed by atoms with Crippen molar-refractivity contribution >= 4 is 0 Å². The average Bonchev–Trinajstić information content (AvgIpc) is 2.25. The second-order valence-electron chi connectivity index (χ2n) is 7.19. The fourth-order valence-electron chi connectivity index (χ4n) is 3.69. The molecule has 0 unspecified atom stereocenters. The molecule has 0 bridgehead atoms. The van der Waals surface area contributed by atoms with Crippen LogP contribution >= 0.6 is 0 Å². The predicted molar refractivity (Wildman–Crippen MR) is 68.1 cm³/mol. The summed E-state index contributed by atoms with van der Waals surface area (Å²) in [4.78, 5) is 0. The van der Waals surface area contributed by atoms with Gasteiger partial charge in [0.1, 0.15) is 0 Å². The third kappa shape index (κ3) is 2.38. The molecule has 90 valence electrons. The molecule has 0 amide bonds. The van der Waals surface area contributed by atoms with Gasteiger partial charge >= 0.3 is 0 Å². The van der Waals surface area contributed by atoms with E-state index in [-0.39, 0.29) is 0 Å². The summed E-state index contributed by atoms with van der Waals surface area (Å²) in [5, 5.41) is 3.55. The van der Waals surface area contributed by atoms with Gasteiger partial charge in [0.05, 0.1) is 0 Å². The molecule has 1 aliphatic heterocycles. The number of nitrogens with one attached hydrogen (secondary N) is 1. The minimum absolute atomic E-state index is 0.400. The third-order valence-electron chi connectivity index (χ3n) is 4.56. The van der Waals surface area contributed by atoms with Gasteiger partial charge in [0, 0.05) is 0 Å². The van der Waals surface area contributed by atoms with Gasteiger partial charge in [0.25, 0.3) is 0 Å². The van der Waals surface area contributed by atoms with Crippen molar-refractivity contribution in [1.29, 1.82) is 0 Å². The fraction of sp³-hybridized carbons (Fsp3) is 1.00. The summed E-state index contributed by atoms with van der Waals surface area (Å²) >= 11 is 0. The number of hydrogen-bond acceptors (Lipinski definition) is 1. The SMILES string of the molecule is CC(C)(C)C1(C(C)(C)C)CCCNCC1. The minimum atomic E-state index is 0.400. The van der Waals surface area contributed by atoms with E-state index in [2.05, 4.69) is 46.9 Å². The lowest BCUT2D eigenvalue weighted by molar-refractivity contribution is -0.0433. The van der Waals surface area contributed by atoms with Gasteiger partial charge in [-0.2, -0.15) is 0 Å². The first-order valence-electron chi connectivity index (χ1n) is 6.41. The Morgan fingerprint density at radius 2 is 1.33 bits per heavy atom. The zero-order valence-electron chi connectivity index (χ0n) is 11.5. The van der Waals surface area contributed by atoms with Crippen LogP contribution < -0.4 is 5.32 Å². The lowest BCUT2D eigenvalue weighted by Crippen LogP contribution is -2.46. The zero-order chi connectivity index (χ0) is 11.7. The van der Waals surface area contributed by atoms with Crippen LogP contribution in [0.5, 0.6) is 0 Å². The monoisotopic (exact) mass is 211 g/mol. The molecule has 1 nitrogen and oxygen atoms in total. The first-order chi connectivity index (χ1) is 6.71. The maximum atomic E-state index is 3.55. The fourth-order valence-corrected chi connectivity index (χ4v) is 3.69. The minimum Gasteiger partial charge on any atom is -0.317 e. The van der Waals surface area contributed by atoms with Crippen molar-refractivity contribution in [3.8, 4) is 0 Å². The molecular weight excluding hydrogens is 182 g/mol. The van der Waals surface area contributed by atoms with E-state index < -0.39 is 0 Å². The Balaban J connectivity index is 3.05. The standard InChI is InChI=1S/C14H29N/c1-12(2,3)14(13(4,5)6)8-7-10-15-11-9-14/h15H,7-11H2,1-6H3. The summed E-state index contributed by atoms with van der Waals surface area (Å²) in [6, 6.07) is 0. The van der Waals surface area contributed by atoms with Crippen molar-refractivity contribution in [3.05, 3.63) is 0 Å². The maximum Gasteiger partial charge on any atom is -0.00432 e. The van der Waals surface area contributed by atoms with Crippen LogP contribution in [0.2, 0.25) is 0 Å². The average molecular weight is 211 g/mol. The van der Waals surface area contributed by atoms with Gasteiger partial charge in [0.2, 0.25) is 0 Å². The van der Waals surface area contributed by atoms with E-state index >= 15 is 0 Å². The van der Waals surface area contributed by atoms with Gasteiger partial charge in [-0.25, -0.2) is 0 Å². The lowest BCUT2D eigenvalue weighted by atomic mass is 9.51.